The van der Waals surface area contributed by atoms with E-state index in [1.54, 1.807) is 7.11 Å². The zero-order valence-corrected chi connectivity index (χ0v) is 9.58. The molecule has 0 saturated heterocycles. The molecule has 15 heavy (non-hydrogen) atoms. The van der Waals surface area contributed by atoms with Gasteiger partial charge in [0, 0.05) is 11.8 Å². The van der Waals surface area contributed by atoms with Gasteiger partial charge in [0.15, 0.2) is 0 Å². The van der Waals surface area contributed by atoms with Gasteiger partial charge in [0.05, 0.1) is 19.3 Å². The van der Waals surface area contributed by atoms with Crippen molar-refractivity contribution in [3.05, 3.63) is 24.3 Å². The topological polar surface area (TPSA) is 41.5 Å². The van der Waals surface area contributed by atoms with Gasteiger partial charge in [-0.3, -0.25) is 0 Å². The monoisotopic (exact) mass is 209 g/mol. The standard InChI is InChI=1S/C12H19NO2/c1-4-12(2,9-14)13-10-6-5-7-11(8-10)15-3/h5-8,13-14H,4,9H2,1-3H3. The van der Waals surface area contributed by atoms with Gasteiger partial charge in [0.2, 0.25) is 0 Å². The normalized spacial score (nSPS) is 14.4. The minimum Gasteiger partial charge on any atom is -0.497 e. The van der Waals surface area contributed by atoms with Crippen molar-refractivity contribution in [1.82, 2.24) is 0 Å². The highest BCUT2D eigenvalue weighted by molar-refractivity contribution is 5.49. The summed E-state index contributed by atoms with van der Waals surface area (Å²) in [7, 11) is 1.64. The van der Waals surface area contributed by atoms with Gasteiger partial charge in [-0.1, -0.05) is 13.0 Å². The van der Waals surface area contributed by atoms with Gasteiger partial charge in [-0.15, -0.1) is 0 Å². The van der Waals surface area contributed by atoms with Gasteiger partial charge in [0.1, 0.15) is 5.75 Å². The van der Waals surface area contributed by atoms with E-state index < -0.39 is 0 Å². The van der Waals surface area contributed by atoms with Gasteiger partial charge < -0.3 is 15.2 Å². The van der Waals surface area contributed by atoms with Crippen LogP contribution in [0.5, 0.6) is 5.75 Å². The summed E-state index contributed by atoms with van der Waals surface area (Å²) < 4.78 is 5.13. The fourth-order valence-corrected chi connectivity index (χ4v) is 1.29. The van der Waals surface area contributed by atoms with E-state index >= 15 is 0 Å². The van der Waals surface area contributed by atoms with Crippen molar-refractivity contribution in [3.63, 3.8) is 0 Å². The van der Waals surface area contributed by atoms with Crippen LogP contribution in [0.3, 0.4) is 0 Å². The maximum absolute atomic E-state index is 9.28. The smallest absolute Gasteiger partial charge is 0.120 e. The Labute approximate surface area is 91.1 Å². The molecule has 0 aliphatic carbocycles. The average molecular weight is 209 g/mol. The number of rotatable bonds is 5. The van der Waals surface area contributed by atoms with E-state index in [9.17, 15) is 5.11 Å². The Morgan fingerprint density at radius 3 is 2.73 bits per heavy atom. The maximum atomic E-state index is 9.28. The molecular weight excluding hydrogens is 190 g/mol. The first-order valence-corrected chi connectivity index (χ1v) is 5.16. The molecule has 0 radical (unpaired) electrons. The van der Waals surface area contributed by atoms with Crippen LogP contribution in [0.25, 0.3) is 0 Å². The lowest BCUT2D eigenvalue weighted by molar-refractivity contribution is 0.219. The second-order valence-electron chi connectivity index (χ2n) is 3.93. The molecule has 0 fully saturated rings. The van der Waals surface area contributed by atoms with Crippen molar-refractivity contribution in [2.75, 3.05) is 19.0 Å². The molecule has 0 spiro atoms. The lowest BCUT2D eigenvalue weighted by atomic mass is 10.00. The summed E-state index contributed by atoms with van der Waals surface area (Å²) in [5, 5.41) is 12.6. The SMILES string of the molecule is CCC(C)(CO)Nc1cccc(OC)c1. The van der Waals surface area contributed by atoms with E-state index in [1.807, 2.05) is 38.1 Å². The molecule has 2 N–H and O–H groups in total. The lowest BCUT2D eigenvalue weighted by Gasteiger charge is -2.28. The van der Waals surface area contributed by atoms with Crippen LogP contribution in [0.1, 0.15) is 20.3 Å². The summed E-state index contributed by atoms with van der Waals surface area (Å²) in [6.07, 6.45) is 0.862. The minimum absolute atomic E-state index is 0.112. The quantitative estimate of drug-likeness (QED) is 0.781. The summed E-state index contributed by atoms with van der Waals surface area (Å²) in [4.78, 5) is 0. The van der Waals surface area contributed by atoms with E-state index in [-0.39, 0.29) is 12.1 Å². The van der Waals surface area contributed by atoms with E-state index in [2.05, 4.69) is 5.32 Å². The number of ether oxygens (including phenoxy) is 1. The number of nitrogens with one attached hydrogen (secondary N) is 1. The largest absolute Gasteiger partial charge is 0.497 e. The highest BCUT2D eigenvalue weighted by atomic mass is 16.5. The molecule has 0 aliphatic heterocycles. The van der Waals surface area contributed by atoms with Gasteiger partial charge in [-0.2, -0.15) is 0 Å². The first kappa shape index (κ1) is 11.9. The van der Waals surface area contributed by atoms with Gasteiger partial charge in [-0.05, 0) is 25.5 Å². The fraction of sp³-hybridized carbons (Fsp3) is 0.500. The lowest BCUT2D eigenvalue weighted by Crippen LogP contribution is -2.37. The summed E-state index contributed by atoms with van der Waals surface area (Å²) in [5.41, 5.74) is 0.694. The number of methoxy groups -OCH3 is 1. The highest BCUT2D eigenvalue weighted by Crippen LogP contribution is 2.21. The third-order valence-corrected chi connectivity index (χ3v) is 2.65. The van der Waals surface area contributed by atoms with Crippen LogP contribution in [-0.2, 0) is 0 Å². The van der Waals surface area contributed by atoms with Crippen LogP contribution < -0.4 is 10.1 Å². The van der Waals surface area contributed by atoms with Crippen molar-refractivity contribution in [2.24, 2.45) is 0 Å². The molecule has 1 aromatic carbocycles. The van der Waals surface area contributed by atoms with E-state index in [0.29, 0.717) is 0 Å². The van der Waals surface area contributed by atoms with Crippen molar-refractivity contribution in [3.8, 4) is 5.75 Å². The number of benzene rings is 1. The molecule has 0 heterocycles. The Bertz CT molecular complexity index is 308. The van der Waals surface area contributed by atoms with Crippen LogP contribution in [0.4, 0.5) is 5.69 Å². The van der Waals surface area contributed by atoms with Crippen molar-refractivity contribution in [1.29, 1.82) is 0 Å². The molecule has 0 aromatic heterocycles. The molecule has 1 unspecified atom stereocenters. The third kappa shape index (κ3) is 3.13. The number of aliphatic hydroxyl groups excluding tert-OH is 1. The summed E-state index contributed by atoms with van der Waals surface area (Å²) in [5.74, 6) is 0.816. The van der Waals surface area contributed by atoms with Crippen LogP contribution in [0, 0.1) is 0 Å². The number of hydrogen-bond donors (Lipinski definition) is 2. The molecule has 3 heteroatoms. The molecule has 0 bridgehead atoms. The zero-order valence-electron chi connectivity index (χ0n) is 9.58. The molecule has 1 aromatic rings. The van der Waals surface area contributed by atoms with Gasteiger partial charge in [-0.25, -0.2) is 0 Å². The number of hydrogen-bond acceptors (Lipinski definition) is 3. The molecular formula is C12H19NO2. The third-order valence-electron chi connectivity index (χ3n) is 2.65. The molecule has 84 valence electrons. The minimum atomic E-state index is -0.271. The highest BCUT2D eigenvalue weighted by Gasteiger charge is 2.20. The van der Waals surface area contributed by atoms with Crippen LogP contribution >= 0.6 is 0 Å². The van der Waals surface area contributed by atoms with Crippen molar-refractivity contribution < 1.29 is 9.84 Å². The number of anilines is 1. The first-order chi connectivity index (χ1) is 7.13. The molecule has 1 atom stereocenters. The summed E-state index contributed by atoms with van der Waals surface area (Å²) >= 11 is 0. The Hall–Kier alpha value is -1.22. The predicted octanol–water partition coefficient (Wildman–Crippen LogP) is 2.27. The summed E-state index contributed by atoms with van der Waals surface area (Å²) in [6.45, 7) is 4.15. The average Bonchev–Trinajstić information content (AvgIpc) is 2.29. The van der Waals surface area contributed by atoms with Crippen molar-refractivity contribution in [2.45, 2.75) is 25.8 Å². The Kier molecular flexibility index (Phi) is 3.97. The second kappa shape index (κ2) is 5.03. The van der Waals surface area contributed by atoms with E-state index in [0.717, 1.165) is 17.9 Å². The second-order valence-corrected chi connectivity index (χ2v) is 3.93. The Morgan fingerprint density at radius 2 is 2.20 bits per heavy atom. The van der Waals surface area contributed by atoms with Crippen LogP contribution in [0.15, 0.2) is 24.3 Å². The fourth-order valence-electron chi connectivity index (χ4n) is 1.29. The van der Waals surface area contributed by atoms with Crippen molar-refractivity contribution >= 4 is 5.69 Å². The Balaban J connectivity index is 2.79. The molecule has 1 rings (SSSR count). The van der Waals surface area contributed by atoms with Crippen LogP contribution in [-0.4, -0.2) is 24.4 Å². The van der Waals surface area contributed by atoms with E-state index in [1.165, 1.54) is 0 Å². The molecule has 0 amide bonds. The predicted molar refractivity (Wildman–Crippen MR) is 62.4 cm³/mol. The van der Waals surface area contributed by atoms with Gasteiger partial charge >= 0.3 is 0 Å². The maximum Gasteiger partial charge on any atom is 0.120 e. The molecule has 3 nitrogen and oxygen atoms in total. The zero-order chi connectivity index (χ0) is 11.3. The summed E-state index contributed by atoms with van der Waals surface area (Å²) in [6, 6.07) is 7.71. The molecule has 0 aliphatic rings. The Morgan fingerprint density at radius 1 is 1.47 bits per heavy atom. The van der Waals surface area contributed by atoms with Gasteiger partial charge in [0.25, 0.3) is 0 Å². The van der Waals surface area contributed by atoms with E-state index in [4.69, 9.17) is 4.74 Å². The van der Waals surface area contributed by atoms with Crippen LogP contribution in [0.2, 0.25) is 0 Å². The number of aliphatic hydroxyl groups is 1. The first-order valence-electron chi connectivity index (χ1n) is 5.16. The molecule has 0 saturated carbocycles.